The molecule has 234 valence electrons. The normalized spacial score (nSPS) is 11.0. The topological polar surface area (TPSA) is 48.9 Å². The van der Waals surface area contributed by atoms with Gasteiger partial charge in [-0.25, -0.2) is 4.57 Å². The van der Waals surface area contributed by atoms with Crippen molar-refractivity contribution in [3.63, 3.8) is 0 Å². The number of aryl methyl sites for hydroxylation is 3. The second kappa shape index (κ2) is 22.3. The van der Waals surface area contributed by atoms with Gasteiger partial charge in [-0.3, -0.25) is 15.6 Å². The van der Waals surface area contributed by atoms with E-state index in [9.17, 15) is 4.79 Å². The minimum Gasteiger partial charge on any atom is -0.298 e. The quantitative estimate of drug-likeness (QED) is 0.0629. The maximum absolute atomic E-state index is 12.2. The van der Waals surface area contributed by atoms with Crippen molar-refractivity contribution in [1.29, 1.82) is 0 Å². The van der Waals surface area contributed by atoms with Gasteiger partial charge in [0.05, 0.1) is 5.69 Å². The fourth-order valence-corrected chi connectivity index (χ4v) is 5.70. The van der Waals surface area contributed by atoms with Crippen LogP contribution in [0.1, 0.15) is 121 Å². The van der Waals surface area contributed by atoms with E-state index < -0.39 is 0 Å². The van der Waals surface area contributed by atoms with E-state index in [2.05, 4.69) is 58.9 Å². The smallest absolute Gasteiger partial charge is 0.298 e. The number of hydrogen-bond donors (Lipinski definition) is 2. The van der Waals surface area contributed by atoms with Crippen molar-refractivity contribution >= 4 is 11.6 Å². The Kier molecular flexibility index (Phi) is 17.8. The van der Waals surface area contributed by atoms with Crippen LogP contribution in [0, 0.1) is 0 Å². The number of rotatable bonds is 24. The van der Waals surface area contributed by atoms with Crippen molar-refractivity contribution in [3.05, 3.63) is 90.5 Å². The largest absolute Gasteiger partial charge is 0.304 e. The van der Waals surface area contributed by atoms with Crippen LogP contribution in [0.2, 0.25) is 0 Å². The number of nitrogens with zero attached hydrogens (tertiary/aromatic N) is 2. The molecule has 0 spiro atoms. The van der Waals surface area contributed by atoms with Gasteiger partial charge in [0.1, 0.15) is 6.54 Å². The lowest BCUT2D eigenvalue weighted by molar-refractivity contribution is -0.704. The molecular weight excluding hydrogens is 528 g/mol. The van der Waals surface area contributed by atoms with Crippen LogP contribution in [0.15, 0.2) is 79.3 Å². The van der Waals surface area contributed by atoms with Crippen LogP contribution in [0.5, 0.6) is 0 Å². The summed E-state index contributed by atoms with van der Waals surface area (Å²) in [5, 5.41) is 0. The van der Waals surface area contributed by atoms with E-state index in [1.54, 1.807) is 0 Å². The van der Waals surface area contributed by atoms with Gasteiger partial charge >= 0.3 is 5.91 Å². The first-order valence-corrected chi connectivity index (χ1v) is 17.3. The summed E-state index contributed by atoms with van der Waals surface area (Å²) >= 11 is 0. The Hall–Kier alpha value is -3.21. The third kappa shape index (κ3) is 15.7. The number of aromatic nitrogens is 2. The Balaban J connectivity index is 1.22. The van der Waals surface area contributed by atoms with Crippen LogP contribution < -0.4 is 20.0 Å². The van der Waals surface area contributed by atoms with E-state index in [0.29, 0.717) is 0 Å². The van der Waals surface area contributed by atoms with Gasteiger partial charge in [0.2, 0.25) is 6.54 Å². The molecular formula is C38H58N4O+2. The summed E-state index contributed by atoms with van der Waals surface area (Å²) in [5.74, 6) is -0.0850. The number of benzene rings is 1. The van der Waals surface area contributed by atoms with Crippen molar-refractivity contribution in [3.8, 4) is 0 Å². The van der Waals surface area contributed by atoms with Gasteiger partial charge in [-0.2, -0.15) is 4.57 Å². The SMILES string of the molecule is CCCCCCCCCCCCCCCCCC[n+]1ccccc1CCc1ccc(NNC(=O)C[n+]2ccccc2)cc1. The van der Waals surface area contributed by atoms with Gasteiger partial charge < -0.3 is 0 Å². The van der Waals surface area contributed by atoms with E-state index in [4.69, 9.17) is 0 Å². The maximum atomic E-state index is 12.2. The van der Waals surface area contributed by atoms with E-state index >= 15 is 0 Å². The number of pyridine rings is 2. The molecule has 5 heteroatoms. The fourth-order valence-electron chi connectivity index (χ4n) is 5.70. The molecule has 2 aromatic heterocycles. The number of unbranched alkanes of at least 4 members (excludes halogenated alkanes) is 15. The molecule has 0 aliphatic heterocycles. The van der Waals surface area contributed by atoms with Gasteiger partial charge in [-0.05, 0) is 30.5 Å². The molecule has 3 rings (SSSR count). The van der Waals surface area contributed by atoms with Crippen molar-refractivity contribution in [2.45, 2.75) is 136 Å². The van der Waals surface area contributed by atoms with Crippen molar-refractivity contribution < 1.29 is 13.9 Å². The number of anilines is 1. The Bertz CT molecular complexity index is 1120. The zero-order valence-electron chi connectivity index (χ0n) is 27.0. The molecule has 0 bridgehead atoms. The number of hydrogen-bond acceptors (Lipinski definition) is 2. The molecule has 0 aliphatic carbocycles. The summed E-state index contributed by atoms with van der Waals surface area (Å²) < 4.78 is 4.29. The second-order valence-corrected chi connectivity index (χ2v) is 12.1. The summed E-state index contributed by atoms with van der Waals surface area (Å²) in [5.41, 5.74) is 9.38. The van der Waals surface area contributed by atoms with Crippen LogP contribution in [0.25, 0.3) is 0 Å². The molecule has 0 atom stereocenters. The van der Waals surface area contributed by atoms with Crippen molar-refractivity contribution in [2.24, 2.45) is 0 Å². The first-order valence-electron chi connectivity index (χ1n) is 17.3. The highest BCUT2D eigenvalue weighted by Gasteiger charge is 2.10. The molecule has 1 aromatic carbocycles. The third-order valence-corrected chi connectivity index (χ3v) is 8.36. The monoisotopic (exact) mass is 586 g/mol. The number of hydrazine groups is 1. The summed E-state index contributed by atoms with van der Waals surface area (Å²) in [6.45, 7) is 3.68. The minimum absolute atomic E-state index is 0.0850. The van der Waals surface area contributed by atoms with Gasteiger partial charge in [-0.15, -0.1) is 0 Å². The molecule has 0 radical (unpaired) electrons. The lowest BCUT2D eigenvalue weighted by atomic mass is 10.0. The lowest BCUT2D eigenvalue weighted by Crippen LogP contribution is -2.43. The van der Waals surface area contributed by atoms with Crippen LogP contribution in [-0.2, 0) is 30.7 Å². The average Bonchev–Trinajstić information content (AvgIpc) is 3.04. The van der Waals surface area contributed by atoms with E-state index in [1.807, 2.05) is 47.3 Å². The van der Waals surface area contributed by atoms with Gasteiger partial charge in [0.15, 0.2) is 24.3 Å². The predicted octanol–water partition coefficient (Wildman–Crippen LogP) is 8.45. The van der Waals surface area contributed by atoms with Gasteiger partial charge in [0.25, 0.3) is 0 Å². The molecule has 5 nitrogen and oxygen atoms in total. The molecule has 0 fully saturated rings. The Labute approximate surface area is 262 Å². The first kappa shape index (κ1) is 34.3. The minimum atomic E-state index is -0.0850. The average molecular weight is 587 g/mol. The van der Waals surface area contributed by atoms with E-state index in [-0.39, 0.29) is 12.5 Å². The van der Waals surface area contributed by atoms with E-state index in [1.165, 1.54) is 114 Å². The van der Waals surface area contributed by atoms with Gasteiger partial charge in [0, 0.05) is 37.1 Å². The van der Waals surface area contributed by atoms with Crippen LogP contribution in [-0.4, -0.2) is 5.91 Å². The number of amides is 1. The lowest BCUT2D eigenvalue weighted by Gasteiger charge is -2.08. The summed E-state index contributed by atoms with van der Waals surface area (Å²) in [7, 11) is 0. The number of carbonyl (C=O) groups excluding carboxylic acids is 1. The second-order valence-electron chi connectivity index (χ2n) is 12.1. The van der Waals surface area contributed by atoms with Crippen LogP contribution in [0.3, 0.4) is 0 Å². The highest BCUT2D eigenvalue weighted by molar-refractivity contribution is 5.75. The molecule has 0 saturated carbocycles. The number of nitrogens with one attached hydrogen (secondary N) is 2. The standard InChI is InChI=1S/C38H57N4O/c1-2-3-4-5-6-7-8-9-10-11-12-13-14-15-16-21-32-42-33-22-18-23-37(42)29-26-35-24-27-36(28-25-35)39-40-38(43)34-41-30-19-17-20-31-41/h17-20,22-25,27-28,30-31,33,39H,2-16,21,26,29,32,34H2,1H3/q+1/p+1. The fraction of sp³-hybridized carbons (Fsp3) is 0.553. The predicted molar refractivity (Wildman–Crippen MR) is 178 cm³/mol. The van der Waals surface area contributed by atoms with Crippen LogP contribution >= 0.6 is 0 Å². The third-order valence-electron chi connectivity index (χ3n) is 8.36. The Morgan fingerprint density at radius 3 is 1.77 bits per heavy atom. The summed E-state index contributed by atoms with van der Waals surface area (Å²) in [4.78, 5) is 12.2. The van der Waals surface area contributed by atoms with Crippen molar-refractivity contribution in [2.75, 3.05) is 5.43 Å². The maximum Gasteiger partial charge on any atom is 0.304 e. The zero-order chi connectivity index (χ0) is 30.2. The molecule has 0 aliphatic rings. The Morgan fingerprint density at radius 2 is 1.16 bits per heavy atom. The molecule has 43 heavy (non-hydrogen) atoms. The molecule has 0 unspecified atom stereocenters. The molecule has 1 amide bonds. The molecule has 0 saturated heterocycles. The summed E-state index contributed by atoms with van der Waals surface area (Å²) in [6.07, 6.45) is 30.5. The molecule has 2 heterocycles. The highest BCUT2D eigenvalue weighted by Crippen LogP contribution is 2.14. The van der Waals surface area contributed by atoms with E-state index in [0.717, 1.165) is 25.1 Å². The highest BCUT2D eigenvalue weighted by atomic mass is 16.2. The van der Waals surface area contributed by atoms with Gasteiger partial charge in [-0.1, -0.05) is 121 Å². The molecule has 2 N–H and O–H groups in total. The number of carbonyl (C=O) groups is 1. The zero-order valence-corrected chi connectivity index (χ0v) is 27.0. The molecule has 3 aromatic rings. The first-order chi connectivity index (χ1) is 21.2. The summed E-state index contributed by atoms with van der Waals surface area (Å²) in [6, 6.07) is 20.7. The Morgan fingerprint density at radius 1 is 0.605 bits per heavy atom. The van der Waals surface area contributed by atoms with Crippen molar-refractivity contribution in [1.82, 2.24) is 5.43 Å². The van der Waals surface area contributed by atoms with Crippen LogP contribution in [0.4, 0.5) is 5.69 Å².